The van der Waals surface area contributed by atoms with Crippen molar-refractivity contribution in [1.29, 1.82) is 0 Å². The molecule has 4 heterocycles. The number of carbonyl (C=O) groups is 1. The average Bonchev–Trinajstić information content (AvgIpc) is 3.73. The van der Waals surface area contributed by atoms with Crippen LogP contribution in [0, 0.1) is 0 Å². The first kappa shape index (κ1) is 24.4. The Kier molecular flexibility index (Phi) is 6.79. The van der Waals surface area contributed by atoms with Gasteiger partial charge in [-0.2, -0.15) is 5.10 Å². The van der Waals surface area contributed by atoms with Gasteiger partial charge in [0.05, 0.1) is 13.7 Å². The van der Waals surface area contributed by atoms with Crippen LogP contribution < -0.4 is 25.4 Å². The molecule has 0 saturated carbocycles. The second-order valence-corrected chi connectivity index (χ2v) is 9.21. The first-order valence-corrected chi connectivity index (χ1v) is 12.7. The first-order valence-electron chi connectivity index (χ1n) is 12.7. The molecule has 11 heteroatoms. The highest BCUT2D eigenvalue weighted by Crippen LogP contribution is 2.35. The molecule has 0 spiro atoms. The molecule has 1 aliphatic heterocycles. The summed E-state index contributed by atoms with van der Waals surface area (Å²) in [5.41, 5.74) is 2.28. The molecule has 2 aromatic carbocycles. The minimum atomic E-state index is -0.265. The Morgan fingerprint density at radius 3 is 2.59 bits per heavy atom. The molecule has 0 aliphatic carbocycles. The quantitative estimate of drug-likeness (QED) is 0.227. The third-order valence-corrected chi connectivity index (χ3v) is 6.56. The van der Waals surface area contributed by atoms with Crippen molar-refractivity contribution in [3.63, 3.8) is 0 Å². The van der Waals surface area contributed by atoms with Crippen LogP contribution in [-0.2, 0) is 6.54 Å². The third-order valence-electron chi connectivity index (χ3n) is 6.56. The summed E-state index contributed by atoms with van der Waals surface area (Å²) in [4.78, 5) is 24.0. The van der Waals surface area contributed by atoms with Crippen molar-refractivity contribution >= 4 is 28.7 Å². The van der Waals surface area contributed by atoms with Crippen molar-refractivity contribution in [2.75, 3.05) is 30.8 Å². The lowest BCUT2D eigenvalue weighted by atomic mass is 10.2. The fraction of sp³-hybridized carbons (Fsp3) is 0.214. The van der Waals surface area contributed by atoms with E-state index in [1.54, 1.807) is 50.0 Å². The van der Waals surface area contributed by atoms with Gasteiger partial charge in [-0.05, 0) is 54.9 Å². The first-order chi connectivity index (χ1) is 19.2. The van der Waals surface area contributed by atoms with Crippen molar-refractivity contribution in [1.82, 2.24) is 30.0 Å². The summed E-state index contributed by atoms with van der Waals surface area (Å²) in [6, 6.07) is 16.9. The molecule has 1 atom stereocenters. The highest BCUT2D eigenvalue weighted by molar-refractivity contribution is 6.03. The summed E-state index contributed by atoms with van der Waals surface area (Å²) in [6.45, 7) is 2.37. The topological polar surface area (TPSA) is 131 Å². The monoisotopic (exact) mass is 524 g/mol. The molecule has 1 fully saturated rings. The minimum Gasteiger partial charge on any atom is -0.497 e. The highest BCUT2D eigenvalue weighted by Gasteiger charge is 2.22. The molecule has 39 heavy (non-hydrogen) atoms. The molecular formula is C28H28N8O3. The number of aromatic nitrogens is 5. The second-order valence-electron chi connectivity index (χ2n) is 9.21. The van der Waals surface area contributed by atoms with Crippen molar-refractivity contribution in [2.24, 2.45) is 0 Å². The molecule has 0 unspecified atom stereocenters. The SMILES string of the molecule is COc1ccc(Cn2nc(N[C@@H]3CCNC3)c3c(Oc4ccc(C(=O)Nc5ncc[nH]5)cc4)ccnc32)cc1. The lowest BCUT2D eigenvalue weighted by molar-refractivity contribution is 0.102. The number of fused-ring (bicyclic) bond motifs is 1. The molecule has 198 valence electrons. The Bertz CT molecular complexity index is 1560. The van der Waals surface area contributed by atoms with Gasteiger partial charge in [0.2, 0.25) is 5.95 Å². The summed E-state index contributed by atoms with van der Waals surface area (Å²) < 4.78 is 13.5. The van der Waals surface area contributed by atoms with E-state index in [0.29, 0.717) is 35.2 Å². The molecule has 4 N–H and O–H groups in total. The molecule has 0 bridgehead atoms. The van der Waals surface area contributed by atoms with E-state index >= 15 is 0 Å². The van der Waals surface area contributed by atoms with Crippen LogP contribution in [0.15, 0.2) is 73.2 Å². The summed E-state index contributed by atoms with van der Waals surface area (Å²) in [6.07, 6.45) is 5.95. The maximum absolute atomic E-state index is 12.5. The number of hydrogen-bond donors (Lipinski definition) is 4. The fourth-order valence-electron chi connectivity index (χ4n) is 4.56. The van der Waals surface area contributed by atoms with Crippen LogP contribution in [-0.4, -0.2) is 56.9 Å². The number of ether oxygens (including phenoxy) is 2. The Morgan fingerprint density at radius 1 is 1.05 bits per heavy atom. The zero-order chi connectivity index (χ0) is 26.6. The summed E-state index contributed by atoms with van der Waals surface area (Å²) in [7, 11) is 1.65. The minimum absolute atomic E-state index is 0.262. The van der Waals surface area contributed by atoms with Crippen LogP contribution in [0.25, 0.3) is 11.0 Å². The maximum atomic E-state index is 12.5. The van der Waals surface area contributed by atoms with Gasteiger partial charge in [0, 0.05) is 42.8 Å². The van der Waals surface area contributed by atoms with Crippen LogP contribution in [0.5, 0.6) is 17.2 Å². The third kappa shape index (κ3) is 5.39. The number of hydrogen-bond acceptors (Lipinski definition) is 8. The lowest BCUT2D eigenvalue weighted by Gasteiger charge is -2.12. The van der Waals surface area contributed by atoms with Crippen LogP contribution >= 0.6 is 0 Å². The van der Waals surface area contributed by atoms with Crippen molar-refractivity contribution in [3.8, 4) is 17.2 Å². The largest absolute Gasteiger partial charge is 0.497 e. The zero-order valence-electron chi connectivity index (χ0n) is 21.3. The van der Waals surface area contributed by atoms with Crippen LogP contribution in [0.1, 0.15) is 22.3 Å². The number of rotatable bonds is 9. The number of nitrogens with zero attached hydrogens (tertiary/aromatic N) is 4. The lowest BCUT2D eigenvalue weighted by Crippen LogP contribution is -2.22. The average molecular weight is 525 g/mol. The fourth-order valence-corrected chi connectivity index (χ4v) is 4.56. The number of nitrogens with one attached hydrogen (secondary N) is 4. The van der Waals surface area contributed by atoms with Crippen LogP contribution in [0.3, 0.4) is 0 Å². The standard InChI is InChI=1S/C28H28N8O3/c1-38-21-6-2-18(3-7-21)17-36-26-24(25(35-36)33-20-10-12-29-16-20)23(11-13-30-26)39-22-8-4-19(5-9-22)27(37)34-28-31-14-15-32-28/h2-9,11,13-15,20,29H,10,12,16-17H2,1H3,(H,33,35)(H2,31,32,34,37)/t20-/m1/s1. The predicted octanol–water partition coefficient (Wildman–Crippen LogP) is 4.03. The van der Waals surface area contributed by atoms with E-state index in [0.717, 1.165) is 42.0 Å². The second kappa shape index (κ2) is 10.8. The molecule has 6 rings (SSSR count). The Balaban J connectivity index is 1.29. The molecule has 3 aromatic heterocycles. The number of H-pyrrole nitrogens is 1. The van der Waals surface area contributed by atoms with Crippen molar-refractivity contribution in [2.45, 2.75) is 19.0 Å². The van der Waals surface area contributed by atoms with E-state index < -0.39 is 0 Å². The molecule has 11 nitrogen and oxygen atoms in total. The highest BCUT2D eigenvalue weighted by atomic mass is 16.5. The van der Waals surface area contributed by atoms with Crippen LogP contribution in [0.4, 0.5) is 11.8 Å². The number of carbonyl (C=O) groups excluding carboxylic acids is 1. The van der Waals surface area contributed by atoms with E-state index in [4.69, 9.17) is 14.6 Å². The van der Waals surface area contributed by atoms with Gasteiger partial charge in [0.25, 0.3) is 5.91 Å². The van der Waals surface area contributed by atoms with E-state index in [2.05, 4.69) is 30.9 Å². The van der Waals surface area contributed by atoms with Gasteiger partial charge in [-0.3, -0.25) is 10.1 Å². The van der Waals surface area contributed by atoms with Crippen molar-refractivity contribution in [3.05, 3.63) is 84.3 Å². The summed E-state index contributed by atoms with van der Waals surface area (Å²) in [5.74, 6) is 2.88. The Morgan fingerprint density at radius 2 is 1.87 bits per heavy atom. The van der Waals surface area contributed by atoms with Crippen molar-refractivity contribution < 1.29 is 14.3 Å². The number of benzene rings is 2. The smallest absolute Gasteiger partial charge is 0.257 e. The van der Waals surface area contributed by atoms with Gasteiger partial charge in [-0.25, -0.2) is 14.6 Å². The van der Waals surface area contributed by atoms with E-state index in [1.807, 2.05) is 35.0 Å². The number of anilines is 2. The zero-order valence-corrected chi connectivity index (χ0v) is 21.3. The molecule has 5 aromatic rings. The van der Waals surface area contributed by atoms with Gasteiger partial charge < -0.3 is 25.1 Å². The van der Waals surface area contributed by atoms with Gasteiger partial charge in [0.15, 0.2) is 11.5 Å². The number of aromatic amines is 1. The number of imidazole rings is 1. The van der Waals surface area contributed by atoms with E-state index in [9.17, 15) is 4.79 Å². The number of pyridine rings is 1. The normalized spacial score (nSPS) is 14.8. The Labute approximate surface area is 224 Å². The summed E-state index contributed by atoms with van der Waals surface area (Å²) >= 11 is 0. The van der Waals surface area contributed by atoms with E-state index in [-0.39, 0.29) is 11.9 Å². The number of amides is 1. The van der Waals surface area contributed by atoms with Gasteiger partial charge in [0.1, 0.15) is 22.6 Å². The molecule has 1 aliphatic rings. The molecular weight excluding hydrogens is 496 g/mol. The molecule has 1 amide bonds. The maximum Gasteiger partial charge on any atom is 0.257 e. The number of methoxy groups -OCH3 is 1. The summed E-state index contributed by atoms with van der Waals surface area (Å²) in [5, 5.41) is 15.4. The van der Waals surface area contributed by atoms with Gasteiger partial charge in [-0.15, -0.1) is 0 Å². The molecule has 0 radical (unpaired) electrons. The van der Waals surface area contributed by atoms with E-state index in [1.165, 1.54) is 0 Å². The van der Waals surface area contributed by atoms with Crippen LogP contribution in [0.2, 0.25) is 0 Å². The Hall–Kier alpha value is -4.90. The molecule has 1 saturated heterocycles. The van der Waals surface area contributed by atoms with Gasteiger partial charge in [-0.1, -0.05) is 12.1 Å². The van der Waals surface area contributed by atoms with Gasteiger partial charge >= 0.3 is 0 Å². The predicted molar refractivity (Wildman–Crippen MR) is 148 cm³/mol.